The molecule has 4 rings (SSSR count). The fraction of sp³-hybridized carbons (Fsp3) is 0.500. The van der Waals surface area contributed by atoms with Gasteiger partial charge in [0.25, 0.3) is 5.69 Å². The highest BCUT2D eigenvalue weighted by Gasteiger charge is 2.43. The highest BCUT2D eigenvalue weighted by atomic mass is 35.5. The van der Waals surface area contributed by atoms with Gasteiger partial charge in [0.2, 0.25) is 5.88 Å². The van der Waals surface area contributed by atoms with E-state index in [0.717, 1.165) is 25.5 Å². The Morgan fingerprint density at radius 3 is 2.44 bits per heavy atom. The maximum atomic E-state index is 13.3. The zero-order valence-corrected chi connectivity index (χ0v) is 24.0. The molecule has 9 nitrogen and oxygen atoms in total. The first-order valence-corrected chi connectivity index (χ1v) is 13.7. The van der Waals surface area contributed by atoms with Crippen molar-refractivity contribution < 1.29 is 24.5 Å². The van der Waals surface area contributed by atoms with Crippen LogP contribution in [-0.4, -0.2) is 32.1 Å². The van der Waals surface area contributed by atoms with Crippen molar-refractivity contribution >= 4 is 46.8 Å². The Balaban J connectivity index is 1.92. The first kappa shape index (κ1) is 29.1. The van der Waals surface area contributed by atoms with Crippen molar-refractivity contribution in [1.82, 2.24) is 14.6 Å². The third kappa shape index (κ3) is 5.19. The van der Waals surface area contributed by atoms with E-state index in [0.29, 0.717) is 5.92 Å². The van der Waals surface area contributed by atoms with Gasteiger partial charge in [-0.15, -0.1) is 0 Å². The normalized spacial score (nSPS) is 22.4. The van der Waals surface area contributed by atoms with Gasteiger partial charge in [0.15, 0.2) is 5.65 Å². The highest BCUT2D eigenvalue weighted by molar-refractivity contribution is 6.39. The summed E-state index contributed by atoms with van der Waals surface area (Å²) >= 11 is 12.5. The van der Waals surface area contributed by atoms with E-state index in [9.17, 15) is 14.8 Å². The van der Waals surface area contributed by atoms with Crippen LogP contribution in [0.3, 0.4) is 0 Å². The van der Waals surface area contributed by atoms with E-state index in [1.807, 2.05) is 0 Å². The summed E-state index contributed by atoms with van der Waals surface area (Å²) in [5.74, 6) is -0.0115. The predicted molar refractivity (Wildman–Crippen MR) is 148 cm³/mol. The van der Waals surface area contributed by atoms with E-state index >= 15 is 0 Å². The second kappa shape index (κ2) is 11.3. The standard InChI is InChI=1S/C28H32Cl2N4O5/c1-7-16-11-14(2)19(15(3)12-16)23(39-37)21-22(31-6)25(34-24(21)32-27(33-34)28(4,5)13-35)38-26(36)20-17(29)9-8-10-18(20)30/h8-10,13-16,19,23,37H,7,11-12H2,1-5H3,(H,32,33). The average Bonchev–Trinajstić information content (AvgIpc) is 3.44. The van der Waals surface area contributed by atoms with Crippen molar-refractivity contribution in [3.8, 4) is 5.88 Å². The summed E-state index contributed by atoms with van der Waals surface area (Å²) in [7, 11) is 0. The molecule has 1 fully saturated rings. The minimum Gasteiger partial charge on any atom is -0.414 e. The van der Waals surface area contributed by atoms with Crippen LogP contribution in [0.5, 0.6) is 5.88 Å². The number of nitrogens with zero attached hydrogens (tertiary/aromatic N) is 3. The first-order valence-electron chi connectivity index (χ1n) is 12.9. The largest absolute Gasteiger partial charge is 0.414 e. The van der Waals surface area contributed by atoms with E-state index in [1.54, 1.807) is 19.9 Å². The quantitative estimate of drug-likeness (QED) is 0.0949. The Morgan fingerprint density at radius 1 is 1.31 bits per heavy atom. The molecule has 208 valence electrons. The third-order valence-electron chi connectivity index (χ3n) is 7.97. The lowest BCUT2D eigenvalue weighted by Crippen LogP contribution is -2.34. The SMILES string of the molecule is [C-]#[N+]c1c(C(OO)C2C(C)CC(CC)CC2C)c2nc(C(C)(C)C=O)[nH]n2c1OC(=O)c1c(Cl)cccc1Cl. The monoisotopic (exact) mass is 574 g/mol. The zero-order valence-electron chi connectivity index (χ0n) is 22.5. The van der Waals surface area contributed by atoms with Crippen LogP contribution in [0.1, 0.15) is 81.7 Å². The van der Waals surface area contributed by atoms with Crippen molar-refractivity contribution in [3.63, 3.8) is 0 Å². The maximum absolute atomic E-state index is 13.3. The Labute approximate surface area is 237 Å². The number of aromatic nitrogens is 3. The van der Waals surface area contributed by atoms with Gasteiger partial charge in [-0.25, -0.2) is 24.0 Å². The molecule has 3 atom stereocenters. The molecule has 0 bridgehead atoms. The summed E-state index contributed by atoms with van der Waals surface area (Å²) in [6, 6.07) is 4.61. The number of carbonyl (C=O) groups excluding carboxylic acids is 2. The van der Waals surface area contributed by atoms with Gasteiger partial charge in [0, 0.05) is 5.56 Å². The summed E-state index contributed by atoms with van der Waals surface area (Å²) in [6.07, 6.45) is 2.77. The molecule has 3 aromatic rings. The van der Waals surface area contributed by atoms with Crippen LogP contribution in [0.15, 0.2) is 18.2 Å². The van der Waals surface area contributed by atoms with Gasteiger partial charge in [0.05, 0.1) is 27.6 Å². The summed E-state index contributed by atoms with van der Waals surface area (Å²) < 4.78 is 7.09. The zero-order chi connectivity index (χ0) is 28.6. The molecule has 1 aliphatic rings. The lowest BCUT2D eigenvalue weighted by Gasteiger charge is -2.42. The fourth-order valence-corrected chi connectivity index (χ4v) is 6.45. The summed E-state index contributed by atoms with van der Waals surface area (Å²) in [6.45, 7) is 17.8. The Morgan fingerprint density at radius 2 is 1.92 bits per heavy atom. The predicted octanol–water partition coefficient (Wildman–Crippen LogP) is 7.45. The molecule has 0 spiro atoms. The Kier molecular flexibility index (Phi) is 8.43. The number of esters is 1. The second-order valence-corrected chi connectivity index (χ2v) is 11.9. The van der Waals surface area contributed by atoms with Gasteiger partial charge in [-0.3, -0.25) is 10.4 Å². The lowest BCUT2D eigenvalue weighted by atomic mass is 9.65. The van der Waals surface area contributed by atoms with Crippen LogP contribution >= 0.6 is 23.2 Å². The van der Waals surface area contributed by atoms with Crippen molar-refractivity contribution in [2.75, 3.05) is 0 Å². The summed E-state index contributed by atoms with van der Waals surface area (Å²) in [4.78, 5) is 38.6. The van der Waals surface area contributed by atoms with E-state index in [4.69, 9.17) is 39.4 Å². The van der Waals surface area contributed by atoms with Gasteiger partial charge < -0.3 is 9.53 Å². The van der Waals surface area contributed by atoms with E-state index in [2.05, 4.69) is 35.7 Å². The molecule has 39 heavy (non-hydrogen) atoms. The molecule has 1 aromatic carbocycles. The van der Waals surface area contributed by atoms with Gasteiger partial charge in [-0.1, -0.05) is 56.5 Å². The number of rotatable bonds is 8. The minimum atomic E-state index is -1.02. The molecule has 2 N–H and O–H groups in total. The van der Waals surface area contributed by atoms with Crippen LogP contribution in [0.4, 0.5) is 5.69 Å². The lowest BCUT2D eigenvalue weighted by molar-refractivity contribution is -0.303. The topological polar surface area (TPSA) is 110 Å². The van der Waals surface area contributed by atoms with E-state index < -0.39 is 17.5 Å². The maximum Gasteiger partial charge on any atom is 0.346 e. The van der Waals surface area contributed by atoms with Crippen molar-refractivity contribution in [3.05, 3.63) is 56.6 Å². The molecule has 0 aliphatic heterocycles. The molecule has 11 heteroatoms. The average molecular weight is 575 g/mol. The summed E-state index contributed by atoms with van der Waals surface area (Å²) in [5, 5.41) is 13.5. The molecule has 1 aliphatic carbocycles. The van der Waals surface area contributed by atoms with Crippen molar-refractivity contribution in [1.29, 1.82) is 0 Å². The summed E-state index contributed by atoms with van der Waals surface area (Å²) in [5.41, 5.74) is -0.622. The fourth-order valence-electron chi connectivity index (χ4n) is 5.90. The van der Waals surface area contributed by atoms with Crippen molar-refractivity contribution in [2.24, 2.45) is 23.7 Å². The molecule has 0 radical (unpaired) electrons. The van der Waals surface area contributed by atoms with Crippen LogP contribution < -0.4 is 4.74 Å². The number of hydrogen-bond acceptors (Lipinski definition) is 6. The second-order valence-electron chi connectivity index (χ2n) is 11.0. The van der Waals surface area contributed by atoms with Gasteiger partial charge >= 0.3 is 5.97 Å². The smallest absolute Gasteiger partial charge is 0.346 e. The Hall–Kier alpha value is -2.90. The van der Waals surface area contributed by atoms with Crippen LogP contribution in [-0.2, 0) is 15.1 Å². The number of ether oxygens (including phenoxy) is 1. The number of nitrogens with one attached hydrogen (secondary N) is 1. The van der Waals surface area contributed by atoms with E-state index in [-0.39, 0.29) is 62.0 Å². The number of benzene rings is 1. The molecular weight excluding hydrogens is 543 g/mol. The van der Waals surface area contributed by atoms with Crippen LogP contribution in [0, 0.1) is 30.2 Å². The highest BCUT2D eigenvalue weighted by Crippen LogP contribution is 2.51. The minimum absolute atomic E-state index is 0.0446. The Bertz CT molecular complexity index is 1410. The number of aromatic amines is 1. The third-order valence-corrected chi connectivity index (χ3v) is 8.60. The number of fused-ring (bicyclic) bond motifs is 1. The molecule has 2 heterocycles. The number of H-pyrrole nitrogens is 1. The molecule has 1 saturated carbocycles. The van der Waals surface area contributed by atoms with Gasteiger partial charge in [-0.2, -0.15) is 0 Å². The molecule has 3 unspecified atom stereocenters. The molecular formula is C28H32Cl2N4O5. The number of halogens is 2. The van der Waals surface area contributed by atoms with Gasteiger partial charge in [0.1, 0.15) is 18.2 Å². The van der Waals surface area contributed by atoms with Crippen LogP contribution in [0.2, 0.25) is 10.0 Å². The van der Waals surface area contributed by atoms with Crippen molar-refractivity contribution in [2.45, 2.75) is 65.4 Å². The number of carbonyl (C=O) groups is 2. The number of aldehydes is 1. The molecule has 0 amide bonds. The number of hydrogen-bond donors (Lipinski definition) is 2. The molecule has 2 aromatic heterocycles. The van der Waals surface area contributed by atoms with Crippen LogP contribution in [0.25, 0.3) is 10.5 Å². The first-order chi connectivity index (χ1) is 18.5. The van der Waals surface area contributed by atoms with Gasteiger partial charge in [-0.05, 0) is 62.5 Å². The molecule has 0 saturated heterocycles. The van der Waals surface area contributed by atoms with E-state index in [1.165, 1.54) is 16.6 Å².